The Kier molecular flexibility index (Phi) is 4.64. The summed E-state index contributed by atoms with van der Waals surface area (Å²) in [6.07, 6.45) is 0.626. The van der Waals surface area contributed by atoms with Crippen LogP contribution in [0.25, 0.3) is 0 Å². The third-order valence-electron chi connectivity index (χ3n) is 3.56. The van der Waals surface area contributed by atoms with Gasteiger partial charge in [-0.25, -0.2) is 0 Å². The SMILES string of the molecule is COc1ccc(OCc2ccccc2)cc1C(O)c1ccco1. The van der Waals surface area contributed by atoms with Crippen molar-refractivity contribution in [2.75, 3.05) is 7.11 Å². The maximum Gasteiger partial charge on any atom is 0.140 e. The maximum atomic E-state index is 10.5. The molecule has 0 fully saturated rings. The molecule has 1 N–H and O–H groups in total. The molecule has 4 nitrogen and oxygen atoms in total. The number of hydrogen-bond acceptors (Lipinski definition) is 4. The largest absolute Gasteiger partial charge is 0.496 e. The zero-order valence-corrected chi connectivity index (χ0v) is 12.8. The van der Waals surface area contributed by atoms with Gasteiger partial charge in [0.25, 0.3) is 0 Å². The zero-order valence-electron chi connectivity index (χ0n) is 12.8. The fraction of sp³-hybridized carbons (Fsp3) is 0.158. The van der Waals surface area contributed by atoms with Crippen molar-refractivity contribution in [3.05, 3.63) is 83.8 Å². The van der Waals surface area contributed by atoms with Crippen LogP contribution in [0.3, 0.4) is 0 Å². The van der Waals surface area contributed by atoms with Crippen molar-refractivity contribution in [1.82, 2.24) is 0 Å². The molecule has 23 heavy (non-hydrogen) atoms. The lowest BCUT2D eigenvalue weighted by atomic mass is 10.1. The van der Waals surface area contributed by atoms with Gasteiger partial charge < -0.3 is 19.0 Å². The zero-order chi connectivity index (χ0) is 16.1. The first kappa shape index (κ1) is 15.2. The average molecular weight is 310 g/mol. The Bertz CT molecular complexity index is 735. The van der Waals surface area contributed by atoms with Gasteiger partial charge >= 0.3 is 0 Å². The summed E-state index contributed by atoms with van der Waals surface area (Å²) in [7, 11) is 1.57. The number of rotatable bonds is 6. The monoisotopic (exact) mass is 310 g/mol. The quantitative estimate of drug-likeness (QED) is 0.749. The molecule has 0 aliphatic carbocycles. The predicted octanol–water partition coefficient (Wildman–Crippen LogP) is 3.95. The number of benzene rings is 2. The fourth-order valence-corrected chi connectivity index (χ4v) is 2.36. The summed E-state index contributed by atoms with van der Waals surface area (Å²) in [6.45, 7) is 0.462. The molecule has 1 atom stereocenters. The van der Waals surface area contributed by atoms with Crippen LogP contribution in [-0.4, -0.2) is 12.2 Å². The second-order valence-electron chi connectivity index (χ2n) is 5.10. The molecule has 0 bridgehead atoms. The van der Waals surface area contributed by atoms with Gasteiger partial charge in [0.15, 0.2) is 0 Å². The molecule has 0 aliphatic heterocycles. The van der Waals surface area contributed by atoms with Gasteiger partial charge in [-0.2, -0.15) is 0 Å². The normalized spacial score (nSPS) is 11.9. The molecule has 3 rings (SSSR count). The van der Waals surface area contributed by atoms with Crippen LogP contribution in [0.2, 0.25) is 0 Å². The first-order chi connectivity index (χ1) is 11.3. The average Bonchev–Trinajstić information content (AvgIpc) is 3.14. The van der Waals surface area contributed by atoms with E-state index in [2.05, 4.69) is 0 Å². The van der Waals surface area contributed by atoms with Crippen molar-refractivity contribution in [3.63, 3.8) is 0 Å². The summed E-state index contributed by atoms with van der Waals surface area (Å²) in [4.78, 5) is 0. The molecule has 2 aromatic carbocycles. The Morgan fingerprint density at radius 3 is 2.57 bits per heavy atom. The first-order valence-electron chi connectivity index (χ1n) is 7.34. The van der Waals surface area contributed by atoms with Crippen LogP contribution in [0.5, 0.6) is 11.5 Å². The summed E-state index contributed by atoms with van der Waals surface area (Å²) in [6, 6.07) is 18.7. The van der Waals surface area contributed by atoms with Crippen molar-refractivity contribution >= 4 is 0 Å². The molecule has 118 valence electrons. The minimum Gasteiger partial charge on any atom is -0.496 e. The third-order valence-corrected chi connectivity index (χ3v) is 3.56. The Labute approximate surface area is 134 Å². The molecule has 4 heteroatoms. The summed E-state index contributed by atoms with van der Waals surface area (Å²) in [5.74, 6) is 1.71. The number of hydrogen-bond donors (Lipinski definition) is 1. The molecular formula is C19H18O4. The number of ether oxygens (including phenoxy) is 2. The minimum atomic E-state index is -0.903. The van der Waals surface area contributed by atoms with E-state index >= 15 is 0 Å². The van der Waals surface area contributed by atoms with Gasteiger partial charge in [0, 0.05) is 5.56 Å². The van der Waals surface area contributed by atoms with E-state index in [9.17, 15) is 5.11 Å². The van der Waals surface area contributed by atoms with Gasteiger partial charge in [-0.05, 0) is 35.9 Å². The van der Waals surface area contributed by atoms with Crippen molar-refractivity contribution in [2.45, 2.75) is 12.7 Å². The van der Waals surface area contributed by atoms with E-state index in [1.807, 2.05) is 36.4 Å². The van der Waals surface area contributed by atoms with Crippen molar-refractivity contribution in [2.24, 2.45) is 0 Å². The first-order valence-corrected chi connectivity index (χ1v) is 7.34. The van der Waals surface area contributed by atoms with Crippen LogP contribution in [0.1, 0.15) is 23.0 Å². The molecule has 0 saturated carbocycles. The summed E-state index contributed by atoms with van der Waals surface area (Å²) in [5.41, 5.74) is 1.68. The number of furan rings is 1. The third kappa shape index (κ3) is 3.55. The number of aliphatic hydroxyl groups is 1. The van der Waals surface area contributed by atoms with Crippen LogP contribution in [0, 0.1) is 0 Å². The minimum absolute atomic E-state index is 0.462. The Hall–Kier alpha value is -2.72. The number of methoxy groups -OCH3 is 1. The van der Waals surface area contributed by atoms with Crippen LogP contribution < -0.4 is 9.47 Å². The van der Waals surface area contributed by atoms with E-state index in [1.54, 1.807) is 31.4 Å². The highest BCUT2D eigenvalue weighted by Gasteiger charge is 2.18. The van der Waals surface area contributed by atoms with E-state index in [-0.39, 0.29) is 0 Å². The standard InChI is InChI=1S/C19H18O4/c1-21-17-10-9-15(23-13-14-6-3-2-4-7-14)12-16(17)19(20)18-8-5-11-22-18/h2-12,19-20H,13H2,1H3. The van der Waals surface area contributed by atoms with Crippen LogP contribution in [0.4, 0.5) is 0 Å². The second-order valence-corrected chi connectivity index (χ2v) is 5.10. The Morgan fingerprint density at radius 2 is 1.87 bits per heavy atom. The lowest BCUT2D eigenvalue weighted by Crippen LogP contribution is -2.03. The van der Waals surface area contributed by atoms with E-state index < -0.39 is 6.10 Å². The summed E-state index contributed by atoms with van der Waals surface area (Å²) in [5, 5.41) is 10.5. The highest BCUT2D eigenvalue weighted by molar-refractivity contribution is 5.43. The van der Waals surface area contributed by atoms with Crippen LogP contribution in [0.15, 0.2) is 71.3 Å². The van der Waals surface area contributed by atoms with Gasteiger partial charge in [-0.3, -0.25) is 0 Å². The number of aliphatic hydroxyl groups excluding tert-OH is 1. The van der Waals surface area contributed by atoms with E-state index in [0.717, 1.165) is 5.56 Å². The van der Waals surface area contributed by atoms with Crippen molar-refractivity contribution in [3.8, 4) is 11.5 Å². The van der Waals surface area contributed by atoms with Gasteiger partial charge in [0.1, 0.15) is 30.0 Å². The summed E-state index contributed by atoms with van der Waals surface area (Å²) < 4.78 is 16.4. The van der Waals surface area contributed by atoms with Crippen molar-refractivity contribution in [1.29, 1.82) is 0 Å². The van der Waals surface area contributed by atoms with Gasteiger partial charge in [-0.15, -0.1) is 0 Å². The molecule has 0 spiro atoms. The van der Waals surface area contributed by atoms with E-state index in [0.29, 0.717) is 29.4 Å². The highest BCUT2D eigenvalue weighted by Crippen LogP contribution is 2.33. The second kappa shape index (κ2) is 7.03. The molecule has 1 unspecified atom stereocenters. The molecule has 1 aromatic heterocycles. The highest BCUT2D eigenvalue weighted by atomic mass is 16.5. The van der Waals surface area contributed by atoms with Gasteiger partial charge in [0.2, 0.25) is 0 Å². The van der Waals surface area contributed by atoms with Crippen molar-refractivity contribution < 1.29 is 19.0 Å². The maximum absolute atomic E-state index is 10.5. The topological polar surface area (TPSA) is 51.8 Å². The van der Waals surface area contributed by atoms with Gasteiger partial charge in [-0.1, -0.05) is 30.3 Å². The van der Waals surface area contributed by atoms with E-state index in [4.69, 9.17) is 13.9 Å². The molecule has 3 aromatic rings. The molecular weight excluding hydrogens is 292 g/mol. The van der Waals surface area contributed by atoms with Crippen LogP contribution >= 0.6 is 0 Å². The molecule has 0 amide bonds. The Morgan fingerprint density at radius 1 is 1.04 bits per heavy atom. The van der Waals surface area contributed by atoms with Gasteiger partial charge in [0.05, 0.1) is 13.4 Å². The van der Waals surface area contributed by atoms with E-state index in [1.165, 1.54) is 6.26 Å². The van der Waals surface area contributed by atoms with Crippen LogP contribution in [-0.2, 0) is 6.61 Å². The summed E-state index contributed by atoms with van der Waals surface area (Å²) >= 11 is 0. The molecule has 1 heterocycles. The smallest absolute Gasteiger partial charge is 0.140 e. The predicted molar refractivity (Wildman–Crippen MR) is 86.5 cm³/mol. The Balaban J connectivity index is 1.81. The molecule has 0 radical (unpaired) electrons. The molecule has 0 aliphatic rings. The molecule has 0 saturated heterocycles. The fourth-order valence-electron chi connectivity index (χ4n) is 2.36. The lowest BCUT2D eigenvalue weighted by molar-refractivity contribution is 0.184. The lowest BCUT2D eigenvalue weighted by Gasteiger charge is -2.15.